The molecule has 0 saturated carbocycles. The molecule has 0 aromatic carbocycles. The largest absolute Gasteiger partial charge is 0.459 e. The number of carbonyl (C=O) groups excluding carboxylic acids is 2. The molecule has 0 spiro atoms. The van der Waals surface area contributed by atoms with Gasteiger partial charge in [-0.25, -0.2) is 9.59 Å². The van der Waals surface area contributed by atoms with Crippen molar-refractivity contribution in [2.24, 2.45) is 11.8 Å². The fourth-order valence-electron chi connectivity index (χ4n) is 4.91. The van der Waals surface area contributed by atoms with Crippen LogP contribution >= 0.6 is 0 Å². The second-order valence-electron chi connectivity index (χ2n) is 11.2. The van der Waals surface area contributed by atoms with Gasteiger partial charge in [0.05, 0.1) is 11.2 Å². The van der Waals surface area contributed by atoms with Crippen LogP contribution in [-0.4, -0.2) is 86.0 Å². The Morgan fingerprint density at radius 3 is 1.81 bits per heavy atom. The van der Waals surface area contributed by atoms with Gasteiger partial charge in [0.1, 0.15) is 31.0 Å². The molecule has 204 valence electrons. The Kier molecular flexibility index (Phi) is 9.01. The Morgan fingerprint density at radius 1 is 0.861 bits per heavy atom. The van der Waals surface area contributed by atoms with Gasteiger partial charge in [0.2, 0.25) is 6.29 Å². The van der Waals surface area contributed by atoms with Gasteiger partial charge in [-0.3, -0.25) is 0 Å². The summed E-state index contributed by atoms with van der Waals surface area (Å²) in [5.41, 5.74) is -0.883. The summed E-state index contributed by atoms with van der Waals surface area (Å²) in [7, 11) is 0. The summed E-state index contributed by atoms with van der Waals surface area (Å²) < 4.78 is 16.1. The zero-order valence-electron chi connectivity index (χ0n) is 21.4. The second-order valence-corrected chi connectivity index (χ2v) is 11.2. The minimum atomic E-state index is -1.69. The van der Waals surface area contributed by atoms with Crippen LogP contribution in [0.4, 0.5) is 0 Å². The third-order valence-corrected chi connectivity index (χ3v) is 7.61. The van der Waals surface area contributed by atoms with Crippen molar-refractivity contribution in [1.29, 1.82) is 0 Å². The number of hydrogen-bond donors (Lipinski definition) is 5. The first-order valence-corrected chi connectivity index (χ1v) is 12.6. The molecule has 1 fully saturated rings. The number of rotatable bonds is 7. The normalized spacial score (nSPS) is 33.9. The van der Waals surface area contributed by atoms with E-state index >= 15 is 0 Å². The van der Waals surface area contributed by atoms with Crippen LogP contribution in [-0.2, 0) is 23.8 Å². The van der Waals surface area contributed by atoms with Gasteiger partial charge in [-0.1, -0.05) is 12.2 Å². The molecule has 1 heterocycles. The van der Waals surface area contributed by atoms with E-state index in [2.05, 4.69) is 0 Å². The van der Waals surface area contributed by atoms with Crippen LogP contribution in [0.25, 0.3) is 0 Å². The lowest BCUT2D eigenvalue weighted by Crippen LogP contribution is -2.59. The highest BCUT2D eigenvalue weighted by Gasteiger charge is 2.46. The second kappa shape index (κ2) is 11.3. The number of hydrogen-bond acceptors (Lipinski definition) is 10. The van der Waals surface area contributed by atoms with E-state index in [9.17, 15) is 35.1 Å². The van der Waals surface area contributed by atoms with Gasteiger partial charge in [0, 0.05) is 11.1 Å². The Hall–Kier alpha value is -1.82. The maximum Gasteiger partial charge on any atom is 0.336 e. The zero-order valence-corrected chi connectivity index (χ0v) is 21.4. The lowest BCUT2D eigenvalue weighted by Gasteiger charge is -2.39. The number of carbonyl (C=O) groups is 2. The predicted octanol–water partition coefficient (Wildman–Crippen LogP) is 0.875. The van der Waals surface area contributed by atoms with Crippen LogP contribution < -0.4 is 0 Å². The van der Waals surface area contributed by atoms with Crippen LogP contribution in [0.3, 0.4) is 0 Å². The standard InChI is InChI=1S/C26H40O10/c1-25(2,32)16-9-5-14(6-10-16)22(30)34-13-18-19(27)20(28)21(29)24(35-18)36-23(31)15-7-11-17(12-8-15)26(3,4)33/h5,7,16-21,24,27-29,32-33H,6,8-13H2,1-4H3. The fraction of sp³-hybridized carbons (Fsp3) is 0.769. The molecule has 0 aromatic heterocycles. The van der Waals surface area contributed by atoms with Crippen molar-refractivity contribution in [3.8, 4) is 0 Å². The van der Waals surface area contributed by atoms with Gasteiger partial charge in [0.15, 0.2) is 0 Å². The molecule has 0 radical (unpaired) electrons. The first-order valence-electron chi connectivity index (χ1n) is 12.6. The lowest BCUT2D eigenvalue weighted by molar-refractivity contribution is -0.292. The van der Waals surface area contributed by atoms with E-state index in [1.807, 2.05) is 0 Å². The smallest absolute Gasteiger partial charge is 0.336 e. The molecule has 1 saturated heterocycles. The molecule has 5 N–H and O–H groups in total. The zero-order chi connectivity index (χ0) is 26.8. The van der Waals surface area contributed by atoms with Gasteiger partial charge >= 0.3 is 11.9 Å². The Morgan fingerprint density at radius 2 is 1.36 bits per heavy atom. The molecule has 0 amide bonds. The highest BCUT2D eigenvalue weighted by atomic mass is 16.7. The van der Waals surface area contributed by atoms with E-state index < -0.39 is 60.5 Å². The summed E-state index contributed by atoms with van der Waals surface area (Å²) in [6, 6.07) is 0. The van der Waals surface area contributed by atoms with Crippen molar-refractivity contribution < 1.29 is 49.3 Å². The third kappa shape index (κ3) is 6.93. The molecule has 0 aromatic rings. The third-order valence-electron chi connectivity index (χ3n) is 7.61. The average molecular weight is 513 g/mol. The van der Waals surface area contributed by atoms with E-state index in [4.69, 9.17) is 14.2 Å². The van der Waals surface area contributed by atoms with Crippen molar-refractivity contribution >= 4 is 11.9 Å². The summed E-state index contributed by atoms with van der Waals surface area (Å²) in [5.74, 6) is -1.28. The van der Waals surface area contributed by atoms with Crippen LogP contribution in [0.1, 0.15) is 66.2 Å². The van der Waals surface area contributed by atoms with Crippen LogP contribution in [0, 0.1) is 11.8 Å². The van der Waals surface area contributed by atoms with Crippen molar-refractivity contribution in [1.82, 2.24) is 0 Å². The van der Waals surface area contributed by atoms with Gasteiger partial charge in [-0.15, -0.1) is 0 Å². The van der Waals surface area contributed by atoms with E-state index in [1.54, 1.807) is 39.8 Å². The van der Waals surface area contributed by atoms with Crippen LogP contribution in [0.15, 0.2) is 23.3 Å². The maximum atomic E-state index is 12.6. The first-order chi connectivity index (χ1) is 16.7. The van der Waals surface area contributed by atoms with Gasteiger partial charge in [-0.2, -0.15) is 0 Å². The van der Waals surface area contributed by atoms with Gasteiger partial charge in [0.25, 0.3) is 0 Å². The van der Waals surface area contributed by atoms with Crippen molar-refractivity contribution in [2.75, 3.05) is 6.61 Å². The topological polar surface area (TPSA) is 163 Å². The Bertz CT molecular complexity index is 863. The molecule has 36 heavy (non-hydrogen) atoms. The minimum Gasteiger partial charge on any atom is -0.459 e. The maximum absolute atomic E-state index is 12.6. The van der Waals surface area contributed by atoms with E-state index in [1.165, 1.54) is 0 Å². The van der Waals surface area contributed by atoms with E-state index in [0.29, 0.717) is 49.7 Å². The summed E-state index contributed by atoms with van der Waals surface area (Å²) in [5, 5.41) is 51.2. The number of esters is 2. The molecule has 10 heteroatoms. The highest BCUT2D eigenvalue weighted by Crippen LogP contribution is 2.34. The summed E-state index contributed by atoms with van der Waals surface area (Å²) in [4.78, 5) is 25.1. The van der Waals surface area contributed by atoms with Crippen molar-refractivity contribution in [3.63, 3.8) is 0 Å². The van der Waals surface area contributed by atoms with Gasteiger partial charge < -0.3 is 39.7 Å². The van der Waals surface area contributed by atoms with Gasteiger partial charge in [-0.05, 0) is 78.1 Å². The summed E-state index contributed by atoms with van der Waals surface area (Å²) in [6.45, 7) is 6.49. The number of ether oxygens (including phenoxy) is 3. The van der Waals surface area contributed by atoms with Crippen LogP contribution in [0.5, 0.6) is 0 Å². The number of aliphatic hydroxyl groups is 5. The molecule has 10 nitrogen and oxygen atoms in total. The molecular weight excluding hydrogens is 472 g/mol. The molecule has 3 rings (SSSR count). The molecule has 7 atom stereocenters. The number of allylic oxidation sites excluding steroid dienone is 2. The SMILES string of the molecule is CC(C)(O)C1CC=C(C(=O)OCC2OC(OC(=O)C3=CCC(C(C)(C)O)CC3)C(O)C(O)C2O)CC1. The Balaban J connectivity index is 1.56. The monoisotopic (exact) mass is 512 g/mol. The predicted molar refractivity (Wildman–Crippen MR) is 127 cm³/mol. The first kappa shape index (κ1) is 28.7. The average Bonchev–Trinajstić information content (AvgIpc) is 2.82. The van der Waals surface area contributed by atoms with Crippen LogP contribution in [0.2, 0.25) is 0 Å². The minimum absolute atomic E-state index is 0.00176. The molecule has 3 aliphatic rings. The summed E-state index contributed by atoms with van der Waals surface area (Å²) >= 11 is 0. The lowest BCUT2D eigenvalue weighted by atomic mass is 9.79. The molecule has 0 bridgehead atoms. The molecule has 1 aliphatic heterocycles. The fourth-order valence-corrected chi connectivity index (χ4v) is 4.91. The summed E-state index contributed by atoms with van der Waals surface area (Å²) in [6.07, 6.45) is -1.24. The van der Waals surface area contributed by atoms with E-state index in [-0.39, 0.29) is 11.8 Å². The number of aliphatic hydroxyl groups excluding tert-OH is 3. The molecule has 7 unspecified atom stereocenters. The quantitative estimate of drug-likeness (QED) is 0.309. The molecule has 2 aliphatic carbocycles. The Labute approximate surface area is 211 Å². The van der Waals surface area contributed by atoms with Crippen molar-refractivity contribution in [3.05, 3.63) is 23.3 Å². The van der Waals surface area contributed by atoms with Crippen molar-refractivity contribution in [2.45, 2.75) is 108 Å². The highest BCUT2D eigenvalue weighted by molar-refractivity contribution is 5.89. The molecular formula is C26H40O10. The van der Waals surface area contributed by atoms with E-state index in [0.717, 1.165) is 0 Å².